The molecule has 0 aromatic rings. The molecule has 5 nitrogen and oxygen atoms in total. The van der Waals surface area contributed by atoms with Crippen molar-refractivity contribution in [2.24, 2.45) is 11.1 Å². The van der Waals surface area contributed by atoms with Crippen molar-refractivity contribution in [3.8, 4) is 0 Å². The van der Waals surface area contributed by atoms with E-state index < -0.39 is 11.0 Å². The minimum absolute atomic E-state index is 0.0649. The number of carbonyl (C=O) groups is 2. The molecule has 0 saturated heterocycles. The van der Waals surface area contributed by atoms with E-state index in [2.05, 4.69) is 5.32 Å². The number of nitrogens with zero attached hydrogens (tertiary/aromatic N) is 1. The van der Waals surface area contributed by atoms with Crippen molar-refractivity contribution in [3.63, 3.8) is 0 Å². The molecule has 3 N–H and O–H groups in total. The maximum atomic E-state index is 12.1. The third kappa shape index (κ3) is 4.82. The summed E-state index contributed by atoms with van der Waals surface area (Å²) in [5.74, 6) is -0.0533. The molecule has 19 heavy (non-hydrogen) atoms. The number of hydrogen-bond donors (Lipinski definition) is 2. The maximum absolute atomic E-state index is 12.1. The number of rotatable bonds is 7. The summed E-state index contributed by atoms with van der Waals surface area (Å²) >= 11 is 0. The molecule has 0 bridgehead atoms. The van der Waals surface area contributed by atoms with E-state index >= 15 is 0 Å². The monoisotopic (exact) mass is 271 g/mol. The molecule has 2 amide bonds. The first-order valence-corrected chi connectivity index (χ1v) is 6.92. The van der Waals surface area contributed by atoms with Gasteiger partial charge in [-0.1, -0.05) is 0 Å². The lowest BCUT2D eigenvalue weighted by Crippen LogP contribution is -2.55. The van der Waals surface area contributed by atoms with Gasteiger partial charge in [0.15, 0.2) is 0 Å². The first-order valence-electron chi connectivity index (χ1n) is 6.92. The van der Waals surface area contributed by atoms with Crippen molar-refractivity contribution < 1.29 is 9.59 Å². The maximum Gasteiger partial charge on any atom is 0.227 e. The van der Waals surface area contributed by atoms with E-state index in [-0.39, 0.29) is 11.8 Å². The SMILES string of the molecule is CCN(CC)C(=O)CCNC(=O)C(C)(C)C(C)(C)N. The fourth-order valence-corrected chi connectivity index (χ4v) is 1.53. The standard InChI is InChI=1S/C14H29N3O2/c1-7-17(8-2)11(18)9-10-16-12(19)13(3,4)14(5,6)15/h7-10,15H2,1-6H3,(H,16,19). The molecule has 0 aliphatic heterocycles. The Morgan fingerprint density at radius 2 is 1.58 bits per heavy atom. The molecule has 0 aromatic heterocycles. The van der Waals surface area contributed by atoms with Gasteiger partial charge in [-0.05, 0) is 41.5 Å². The molecule has 0 heterocycles. The average molecular weight is 271 g/mol. The molecule has 0 atom stereocenters. The van der Waals surface area contributed by atoms with Crippen LogP contribution in [0.2, 0.25) is 0 Å². The van der Waals surface area contributed by atoms with E-state index in [9.17, 15) is 9.59 Å². The fraction of sp³-hybridized carbons (Fsp3) is 0.857. The Bertz CT molecular complexity index is 315. The molecule has 0 aliphatic rings. The highest BCUT2D eigenvalue weighted by molar-refractivity contribution is 5.84. The lowest BCUT2D eigenvalue weighted by molar-refractivity contribution is -0.133. The number of nitrogens with one attached hydrogen (secondary N) is 1. The van der Waals surface area contributed by atoms with Crippen LogP contribution in [0.15, 0.2) is 0 Å². The van der Waals surface area contributed by atoms with Crippen LogP contribution in [0.25, 0.3) is 0 Å². The zero-order valence-electron chi connectivity index (χ0n) is 13.2. The van der Waals surface area contributed by atoms with Gasteiger partial charge < -0.3 is 16.0 Å². The number of amides is 2. The van der Waals surface area contributed by atoms with E-state index in [0.717, 1.165) is 0 Å². The van der Waals surface area contributed by atoms with Crippen molar-refractivity contribution in [1.29, 1.82) is 0 Å². The minimum Gasteiger partial charge on any atom is -0.355 e. The summed E-state index contributed by atoms with van der Waals surface area (Å²) in [6.07, 6.45) is 0.328. The predicted octanol–water partition coefficient (Wildman–Crippen LogP) is 1.12. The van der Waals surface area contributed by atoms with Crippen LogP contribution in [-0.4, -0.2) is 41.9 Å². The van der Waals surface area contributed by atoms with E-state index in [0.29, 0.717) is 26.1 Å². The van der Waals surface area contributed by atoms with Gasteiger partial charge in [0.1, 0.15) is 0 Å². The molecule has 0 rings (SSSR count). The minimum atomic E-state index is -0.675. The molecule has 0 fully saturated rings. The first kappa shape index (κ1) is 17.9. The van der Waals surface area contributed by atoms with Gasteiger partial charge in [0.05, 0.1) is 5.41 Å². The van der Waals surface area contributed by atoms with Crippen LogP contribution in [0.3, 0.4) is 0 Å². The van der Waals surface area contributed by atoms with Crippen molar-refractivity contribution in [2.75, 3.05) is 19.6 Å². The predicted molar refractivity (Wildman–Crippen MR) is 77.6 cm³/mol. The first-order chi connectivity index (χ1) is 8.57. The summed E-state index contributed by atoms with van der Waals surface area (Å²) in [5.41, 5.74) is 4.71. The molecule has 5 heteroatoms. The second-order valence-corrected chi connectivity index (χ2v) is 5.92. The van der Waals surface area contributed by atoms with Gasteiger partial charge in [0.25, 0.3) is 0 Å². The Kier molecular flexibility index (Phi) is 6.49. The van der Waals surface area contributed by atoms with Crippen LogP contribution < -0.4 is 11.1 Å². The second kappa shape index (κ2) is 6.89. The zero-order valence-corrected chi connectivity index (χ0v) is 13.2. The molecule has 112 valence electrons. The summed E-state index contributed by atoms with van der Waals surface area (Å²) in [6, 6.07) is 0. The van der Waals surface area contributed by atoms with Crippen molar-refractivity contribution >= 4 is 11.8 Å². The Morgan fingerprint density at radius 1 is 1.11 bits per heavy atom. The molecular weight excluding hydrogens is 242 g/mol. The summed E-state index contributed by atoms with van der Waals surface area (Å²) in [6.45, 7) is 12.9. The summed E-state index contributed by atoms with van der Waals surface area (Å²) in [7, 11) is 0. The zero-order chi connectivity index (χ0) is 15.3. The summed E-state index contributed by atoms with van der Waals surface area (Å²) in [4.78, 5) is 25.6. The Morgan fingerprint density at radius 3 is 1.95 bits per heavy atom. The van der Waals surface area contributed by atoms with Crippen molar-refractivity contribution in [2.45, 2.75) is 53.5 Å². The third-order valence-electron chi connectivity index (χ3n) is 3.92. The molecular formula is C14H29N3O2. The van der Waals surface area contributed by atoms with Crippen molar-refractivity contribution in [1.82, 2.24) is 10.2 Å². The van der Waals surface area contributed by atoms with Crippen LogP contribution >= 0.6 is 0 Å². The van der Waals surface area contributed by atoms with Gasteiger partial charge in [-0.3, -0.25) is 9.59 Å². The summed E-state index contributed by atoms with van der Waals surface area (Å²) < 4.78 is 0. The van der Waals surface area contributed by atoms with Gasteiger partial charge >= 0.3 is 0 Å². The second-order valence-electron chi connectivity index (χ2n) is 5.92. The van der Waals surface area contributed by atoms with Gasteiger partial charge in [-0.15, -0.1) is 0 Å². The largest absolute Gasteiger partial charge is 0.355 e. The van der Waals surface area contributed by atoms with Gasteiger partial charge in [-0.2, -0.15) is 0 Å². The number of hydrogen-bond acceptors (Lipinski definition) is 3. The Labute approximate surface area is 116 Å². The van der Waals surface area contributed by atoms with Gasteiger partial charge in [-0.25, -0.2) is 0 Å². The highest BCUT2D eigenvalue weighted by atomic mass is 16.2. The van der Waals surface area contributed by atoms with Crippen LogP contribution in [0.5, 0.6) is 0 Å². The van der Waals surface area contributed by atoms with E-state index in [4.69, 9.17) is 5.73 Å². The lowest BCUT2D eigenvalue weighted by Gasteiger charge is -2.36. The Balaban J connectivity index is 4.30. The number of carbonyl (C=O) groups excluding carboxylic acids is 2. The van der Waals surface area contributed by atoms with E-state index in [1.807, 2.05) is 41.5 Å². The van der Waals surface area contributed by atoms with Gasteiger partial charge in [0, 0.05) is 31.6 Å². The topological polar surface area (TPSA) is 75.4 Å². The van der Waals surface area contributed by atoms with E-state index in [1.54, 1.807) is 4.90 Å². The highest BCUT2D eigenvalue weighted by Crippen LogP contribution is 2.28. The van der Waals surface area contributed by atoms with E-state index in [1.165, 1.54) is 0 Å². The highest BCUT2D eigenvalue weighted by Gasteiger charge is 2.40. The fourth-order valence-electron chi connectivity index (χ4n) is 1.53. The quantitative estimate of drug-likeness (QED) is 0.728. The molecule has 0 saturated carbocycles. The van der Waals surface area contributed by atoms with Gasteiger partial charge in [0.2, 0.25) is 11.8 Å². The number of nitrogens with two attached hydrogens (primary N) is 1. The molecule has 0 spiro atoms. The normalized spacial score (nSPS) is 12.2. The average Bonchev–Trinajstić information content (AvgIpc) is 2.28. The molecule has 0 radical (unpaired) electrons. The Hall–Kier alpha value is -1.10. The summed E-state index contributed by atoms with van der Waals surface area (Å²) in [5, 5.41) is 2.80. The molecule has 0 aromatic carbocycles. The van der Waals surface area contributed by atoms with Crippen LogP contribution in [0.1, 0.15) is 48.0 Å². The van der Waals surface area contributed by atoms with Crippen LogP contribution in [0.4, 0.5) is 0 Å². The van der Waals surface area contributed by atoms with Crippen LogP contribution in [-0.2, 0) is 9.59 Å². The smallest absolute Gasteiger partial charge is 0.227 e. The van der Waals surface area contributed by atoms with Crippen molar-refractivity contribution in [3.05, 3.63) is 0 Å². The van der Waals surface area contributed by atoms with Crippen LogP contribution in [0, 0.1) is 5.41 Å². The molecule has 0 aliphatic carbocycles. The lowest BCUT2D eigenvalue weighted by atomic mass is 9.74. The molecule has 0 unspecified atom stereocenters. The third-order valence-corrected chi connectivity index (χ3v) is 3.92.